The first kappa shape index (κ1) is 14.4. The molecule has 0 saturated heterocycles. The number of nitrogens with two attached hydrogens (primary N) is 2. The van der Waals surface area contributed by atoms with Crippen molar-refractivity contribution >= 4 is 5.69 Å². The maximum absolute atomic E-state index is 6.02. The van der Waals surface area contributed by atoms with E-state index in [1.807, 2.05) is 30.3 Å². The second-order valence-electron chi connectivity index (χ2n) is 4.85. The monoisotopic (exact) mass is 270 g/mol. The lowest BCUT2D eigenvalue weighted by atomic mass is 10.1. The quantitative estimate of drug-likeness (QED) is 0.760. The summed E-state index contributed by atoms with van der Waals surface area (Å²) in [6.07, 6.45) is 2.83. The lowest BCUT2D eigenvalue weighted by molar-refractivity contribution is 0.323. The third-order valence-corrected chi connectivity index (χ3v) is 3.23. The number of aryl methyl sites for hydroxylation is 1. The summed E-state index contributed by atoms with van der Waals surface area (Å²) in [6.45, 7) is 1.34. The highest BCUT2D eigenvalue weighted by atomic mass is 16.5. The minimum atomic E-state index is 0.635. The minimum Gasteiger partial charge on any atom is -0.491 e. The van der Waals surface area contributed by atoms with Crippen molar-refractivity contribution in [3.05, 3.63) is 59.7 Å². The zero-order valence-electron chi connectivity index (χ0n) is 11.7. The molecule has 0 radical (unpaired) electrons. The summed E-state index contributed by atoms with van der Waals surface area (Å²) in [7, 11) is 0. The molecule has 2 aromatic rings. The van der Waals surface area contributed by atoms with Crippen molar-refractivity contribution in [2.24, 2.45) is 5.73 Å². The van der Waals surface area contributed by atoms with E-state index in [1.165, 1.54) is 11.1 Å². The standard InChI is InChI=1S/C17H22N2O/c18-11-4-7-15-8-9-17(16(19)13-15)20-12-10-14-5-2-1-3-6-14/h1-3,5-6,8-9,13H,4,7,10-12,18-19H2. The molecular formula is C17H22N2O. The normalized spacial score (nSPS) is 10.4. The lowest BCUT2D eigenvalue weighted by Gasteiger charge is -2.10. The second kappa shape index (κ2) is 7.56. The van der Waals surface area contributed by atoms with Crippen molar-refractivity contribution in [3.8, 4) is 5.75 Å². The van der Waals surface area contributed by atoms with E-state index in [0.29, 0.717) is 18.8 Å². The van der Waals surface area contributed by atoms with Crippen molar-refractivity contribution in [2.75, 3.05) is 18.9 Å². The molecule has 20 heavy (non-hydrogen) atoms. The summed E-state index contributed by atoms with van der Waals surface area (Å²) in [5, 5.41) is 0. The SMILES string of the molecule is NCCCc1ccc(OCCc2ccccc2)c(N)c1. The maximum atomic E-state index is 6.02. The molecule has 106 valence electrons. The maximum Gasteiger partial charge on any atom is 0.142 e. The van der Waals surface area contributed by atoms with E-state index in [-0.39, 0.29) is 0 Å². The van der Waals surface area contributed by atoms with Crippen LogP contribution in [0.15, 0.2) is 48.5 Å². The van der Waals surface area contributed by atoms with Gasteiger partial charge in [-0.25, -0.2) is 0 Å². The third-order valence-electron chi connectivity index (χ3n) is 3.23. The molecule has 0 aromatic heterocycles. The van der Waals surface area contributed by atoms with E-state index in [0.717, 1.165) is 25.0 Å². The molecular weight excluding hydrogens is 248 g/mol. The highest BCUT2D eigenvalue weighted by Gasteiger charge is 2.02. The zero-order chi connectivity index (χ0) is 14.2. The van der Waals surface area contributed by atoms with Gasteiger partial charge in [0.05, 0.1) is 12.3 Å². The number of nitrogen functional groups attached to an aromatic ring is 1. The molecule has 0 unspecified atom stereocenters. The van der Waals surface area contributed by atoms with Gasteiger partial charge in [0.25, 0.3) is 0 Å². The Morgan fingerprint density at radius 2 is 1.70 bits per heavy atom. The van der Waals surface area contributed by atoms with Crippen LogP contribution >= 0.6 is 0 Å². The van der Waals surface area contributed by atoms with Gasteiger partial charge in [0.2, 0.25) is 0 Å². The van der Waals surface area contributed by atoms with Crippen LogP contribution in [0.25, 0.3) is 0 Å². The Hall–Kier alpha value is -2.00. The van der Waals surface area contributed by atoms with Crippen LogP contribution in [0.1, 0.15) is 17.5 Å². The van der Waals surface area contributed by atoms with Crippen LogP contribution in [0.4, 0.5) is 5.69 Å². The predicted octanol–water partition coefficient (Wildman–Crippen LogP) is 2.78. The van der Waals surface area contributed by atoms with Gasteiger partial charge in [-0.3, -0.25) is 0 Å². The van der Waals surface area contributed by atoms with Crippen molar-refractivity contribution in [1.29, 1.82) is 0 Å². The Morgan fingerprint density at radius 3 is 2.40 bits per heavy atom. The predicted molar refractivity (Wildman–Crippen MR) is 83.9 cm³/mol. The fraction of sp³-hybridized carbons (Fsp3) is 0.294. The molecule has 4 N–H and O–H groups in total. The zero-order valence-corrected chi connectivity index (χ0v) is 11.7. The molecule has 2 aromatic carbocycles. The highest BCUT2D eigenvalue weighted by molar-refractivity contribution is 5.54. The molecule has 0 amide bonds. The highest BCUT2D eigenvalue weighted by Crippen LogP contribution is 2.23. The minimum absolute atomic E-state index is 0.635. The molecule has 3 nitrogen and oxygen atoms in total. The van der Waals surface area contributed by atoms with Gasteiger partial charge in [0.1, 0.15) is 5.75 Å². The van der Waals surface area contributed by atoms with E-state index in [1.54, 1.807) is 0 Å². The molecule has 0 aliphatic heterocycles. The lowest BCUT2D eigenvalue weighted by Crippen LogP contribution is -2.04. The van der Waals surface area contributed by atoms with Gasteiger partial charge in [-0.15, -0.1) is 0 Å². The topological polar surface area (TPSA) is 61.3 Å². The molecule has 0 heterocycles. The fourth-order valence-corrected chi connectivity index (χ4v) is 2.11. The first-order chi connectivity index (χ1) is 9.79. The molecule has 2 rings (SSSR count). The molecule has 0 atom stereocenters. The van der Waals surface area contributed by atoms with Crippen LogP contribution in [0.2, 0.25) is 0 Å². The summed E-state index contributed by atoms with van der Waals surface area (Å²) in [5.74, 6) is 0.762. The summed E-state index contributed by atoms with van der Waals surface area (Å²) >= 11 is 0. The average Bonchev–Trinajstić information content (AvgIpc) is 2.48. The Kier molecular flexibility index (Phi) is 5.44. The molecule has 0 fully saturated rings. The third kappa shape index (κ3) is 4.28. The number of hydrogen-bond donors (Lipinski definition) is 2. The van der Waals surface area contributed by atoms with Gasteiger partial charge in [-0.1, -0.05) is 36.4 Å². The van der Waals surface area contributed by atoms with Crippen LogP contribution in [-0.4, -0.2) is 13.2 Å². The summed E-state index contributed by atoms with van der Waals surface area (Å²) < 4.78 is 5.75. The van der Waals surface area contributed by atoms with Gasteiger partial charge in [-0.05, 0) is 42.6 Å². The van der Waals surface area contributed by atoms with Crippen molar-refractivity contribution in [3.63, 3.8) is 0 Å². The van der Waals surface area contributed by atoms with Crippen LogP contribution < -0.4 is 16.2 Å². The summed E-state index contributed by atoms with van der Waals surface area (Å²) in [5.41, 5.74) is 14.7. The Morgan fingerprint density at radius 1 is 0.900 bits per heavy atom. The Labute approximate surface area is 120 Å². The van der Waals surface area contributed by atoms with Crippen LogP contribution in [-0.2, 0) is 12.8 Å². The van der Waals surface area contributed by atoms with Crippen LogP contribution in [0, 0.1) is 0 Å². The average molecular weight is 270 g/mol. The number of hydrogen-bond acceptors (Lipinski definition) is 3. The summed E-state index contributed by atoms with van der Waals surface area (Å²) in [6, 6.07) is 16.3. The van der Waals surface area contributed by atoms with Gasteiger partial charge in [0, 0.05) is 6.42 Å². The largest absolute Gasteiger partial charge is 0.491 e. The smallest absolute Gasteiger partial charge is 0.142 e. The Balaban J connectivity index is 1.86. The van der Waals surface area contributed by atoms with Gasteiger partial charge >= 0.3 is 0 Å². The van der Waals surface area contributed by atoms with E-state index in [2.05, 4.69) is 18.2 Å². The van der Waals surface area contributed by atoms with Crippen LogP contribution in [0.5, 0.6) is 5.75 Å². The van der Waals surface area contributed by atoms with Gasteiger partial charge in [-0.2, -0.15) is 0 Å². The number of ether oxygens (including phenoxy) is 1. The fourth-order valence-electron chi connectivity index (χ4n) is 2.11. The molecule has 0 bridgehead atoms. The molecule has 3 heteroatoms. The molecule has 0 spiro atoms. The molecule has 0 saturated carbocycles. The number of benzene rings is 2. The van der Waals surface area contributed by atoms with E-state index >= 15 is 0 Å². The van der Waals surface area contributed by atoms with Crippen molar-refractivity contribution < 1.29 is 4.74 Å². The first-order valence-electron chi connectivity index (χ1n) is 7.05. The van der Waals surface area contributed by atoms with Crippen molar-refractivity contribution in [1.82, 2.24) is 0 Å². The van der Waals surface area contributed by atoms with E-state index in [4.69, 9.17) is 16.2 Å². The first-order valence-corrected chi connectivity index (χ1v) is 7.05. The summed E-state index contributed by atoms with van der Waals surface area (Å²) in [4.78, 5) is 0. The van der Waals surface area contributed by atoms with E-state index in [9.17, 15) is 0 Å². The van der Waals surface area contributed by atoms with Crippen LogP contribution in [0.3, 0.4) is 0 Å². The molecule has 0 aliphatic rings. The van der Waals surface area contributed by atoms with Gasteiger partial charge in [0.15, 0.2) is 0 Å². The number of anilines is 1. The Bertz CT molecular complexity index is 526. The number of rotatable bonds is 7. The van der Waals surface area contributed by atoms with E-state index < -0.39 is 0 Å². The molecule has 0 aliphatic carbocycles. The van der Waals surface area contributed by atoms with Crippen molar-refractivity contribution in [2.45, 2.75) is 19.3 Å². The van der Waals surface area contributed by atoms with Gasteiger partial charge < -0.3 is 16.2 Å². The second-order valence-corrected chi connectivity index (χ2v) is 4.85.